The molecule has 2 saturated carbocycles. The molecule has 2 N–H and O–H groups in total. The summed E-state index contributed by atoms with van der Waals surface area (Å²) in [5, 5.41) is 10.7. The minimum Gasteiger partial charge on any atom is -0.497 e. The number of hydrogen-bond donors (Lipinski definition) is 2. The predicted molar refractivity (Wildman–Crippen MR) is 149 cm³/mol. The van der Waals surface area contributed by atoms with E-state index in [9.17, 15) is 23.1 Å². The highest BCUT2D eigenvalue weighted by molar-refractivity contribution is 7.90. The maximum atomic E-state index is 13.1. The Morgan fingerprint density at radius 2 is 1.85 bits per heavy atom. The van der Waals surface area contributed by atoms with Crippen LogP contribution in [0.4, 0.5) is 0 Å². The molecule has 2 fully saturated rings. The SMILES string of the molecule is COc1ccc2c(c1)C1CC1(C(=O)O)Cn1c-2c(C2CCCCC2)c2ccc(C(=O)NS(=O)(=O)C(C)C)cc21. The number of benzene rings is 2. The van der Waals surface area contributed by atoms with Crippen molar-refractivity contribution in [3.8, 4) is 17.0 Å². The van der Waals surface area contributed by atoms with E-state index in [4.69, 9.17) is 4.74 Å². The number of methoxy groups -OCH3 is 1. The van der Waals surface area contributed by atoms with Crippen LogP contribution < -0.4 is 9.46 Å². The number of carboxylic acids is 1. The molecular formula is C30H34N2O6S. The fourth-order valence-electron chi connectivity index (χ4n) is 6.73. The second-order valence-electron chi connectivity index (χ2n) is 11.6. The number of ether oxygens (including phenoxy) is 1. The van der Waals surface area contributed by atoms with Gasteiger partial charge in [-0.15, -0.1) is 0 Å². The Bertz CT molecular complexity index is 1620. The Hall–Kier alpha value is -3.33. The number of carbonyl (C=O) groups excluding carboxylic acids is 1. The van der Waals surface area contributed by atoms with Crippen molar-refractivity contribution in [3.05, 3.63) is 53.1 Å². The number of carboxylic acid groups (broad SMARTS) is 1. The zero-order valence-electron chi connectivity index (χ0n) is 22.5. The first-order chi connectivity index (χ1) is 18.6. The average molecular weight is 551 g/mol. The quantitative estimate of drug-likeness (QED) is 0.425. The Morgan fingerprint density at radius 1 is 1.10 bits per heavy atom. The maximum absolute atomic E-state index is 13.1. The topological polar surface area (TPSA) is 115 Å². The molecule has 0 spiro atoms. The molecule has 0 radical (unpaired) electrons. The highest BCUT2D eigenvalue weighted by Crippen LogP contribution is 2.65. The molecule has 3 aromatic rings. The molecule has 39 heavy (non-hydrogen) atoms. The summed E-state index contributed by atoms with van der Waals surface area (Å²) in [7, 11) is -2.18. The summed E-state index contributed by atoms with van der Waals surface area (Å²) in [5.74, 6) is -0.613. The molecule has 0 saturated heterocycles. The minimum absolute atomic E-state index is 0.128. The van der Waals surface area contributed by atoms with Gasteiger partial charge in [-0.2, -0.15) is 0 Å². The van der Waals surface area contributed by atoms with Crippen LogP contribution in [-0.2, 0) is 21.4 Å². The van der Waals surface area contributed by atoms with Crippen molar-refractivity contribution in [1.82, 2.24) is 9.29 Å². The lowest BCUT2D eigenvalue weighted by Gasteiger charge is -2.24. The van der Waals surface area contributed by atoms with Crippen LogP contribution in [0, 0.1) is 5.41 Å². The third kappa shape index (κ3) is 4.04. The van der Waals surface area contributed by atoms with Gasteiger partial charge in [0.1, 0.15) is 5.75 Å². The molecule has 2 unspecified atom stereocenters. The first kappa shape index (κ1) is 25.9. The van der Waals surface area contributed by atoms with Crippen molar-refractivity contribution in [1.29, 1.82) is 0 Å². The molecule has 1 aromatic heterocycles. The number of rotatable bonds is 6. The molecule has 2 aromatic carbocycles. The van der Waals surface area contributed by atoms with Gasteiger partial charge < -0.3 is 14.4 Å². The standard InChI is InChI=1S/C30H34N2O6S/c1-17(2)39(36,37)31-28(33)19-9-11-22-25(13-19)32-16-30(29(34)35)15-24(30)23-14-20(38-3)10-12-21(23)27(32)26(22)18-7-5-4-6-8-18/h9-14,17-18,24H,4-8,15-16H2,1-3H3,(H,31,33)(H,34,35). The Labute approximate surface area is 228 Å². The monoisotopic (exact) mass is 550 g/mol. The van der Waals surface area contributed by atoms with Crippen LogP contribution in [0.5, 0.6) is 5.75 Å². The summed E-state index contributed by atoms with van der Waals surface area (Å²) >= 11 is 0. The lowest BCUT2D eigenvalue weighted by atomic mass is 9.81. The molecule has 3 aliphatic rings. The molecule has 2 heterocycles. The number of nitrogens with one attached hydrogen (secondary N) is 1. The van der Waals surface area contributed by atoms with Gasteiger partial charge in [-0.1, -0.05) is 25.3 Å². The molecule has 1 amide bonds. The van der Waals surface area contributed by atoms with Gasteiger partial charge in [0.2, 0.25) is 10.0 Å². The summed E-state index contributed by atoms with van der Waals surface area (Å²) < 4.78 is 34.6. The van der Waals surface area contributed by atoms with Crippen molar-refractivity contribution in [2.45, 2.75) is 76.0 Å². The van der Waals surface area contributed by atoms with Crippen molar-refractivity contribution in [2.24, 2.45) is 5.41 Å². The van der Waals surface area contributed by atoms with Crippen LogP contribution in [0.15, 0.2) is 36.4 Å². The average Bonchev–Trinajstić information content (AvgIpc) is 3.59. The van der Waals surface area contributed by atoms with E-state index in [2.05, 4.69) is 9.29 Å². The van der Waals surface area contributed by atoms with Crippen molar-refractivity contribution >= 4 is 32.8 Å². The normalized spacial score (nSPS) is 22.5. The Balaban J connectivity index is 1.60. The molecule has 8 nitrogen and oxygen atoms in total. The zero-order valence-corrected chi connectivity index (χ0v) is 23.3. The maximum Gasteiger partial charge on any atom is 0.312 e. The molecule has 2 atom stereocenters. The number of amides is 1. The Kier molecular flexibility index (Phi) is 6.06. The number of hydrogen-bond acceptors (Lipinski definition) is 5. The molecular weight excluding hydrogens is 516 g/mol. The van der Waals surface area contributed by atoms with E-state index in [0.717, 1.165) is 53.4 Å². The van der Waals surface area contributed by atoms with E-state index in [1.54, 1.807) is 19.2 Å². The third-order valence-corrected chi connectivity index (χ3v) is 10.8. The van der Waals surface area contributed by atoms with Crippen LogP contribution in [0.2, 0.25) is 0 Å². The number of aliphatic carboxylic acids is 1. The molecule has 6 rings (SSSR count). The second kappa shape index (κ2) is 9.11. The number of sulfonamides is 1. The van der Waals surface area contributed by atoms with Crippen LogP contribution in [-0.4, -0.2) is 42.3 Å². The first-order valence-electron chi connectivity index (χ1n) is 13.7. The van der Waals surface area contributed by atoms with Crippen LogP contribution >= 0.6 is 0 Å². The largest absolute Gasteiger partial charge is 0.497 e. The van der Waals surface area contributed by atoms with Gasteiger partial charge in [-0.3, -0.25) is 9.59 Å². The third-order valence-electron chi connectivity index (χ3n) is 9.07. The van der Waals surface area contributed by atoms with E-state index in [-0.39, 0.29) is 18.0 Å². The number of aromatic nitrogens is 1. The zero-order chi connectivity index (χ0) is 27.7. The van der Waals surface area contributed by atoms with E-state index in [1.165, 1.54) is 25.8 Å². The lowest BCUT2D eigenvalue weighted by Crippen LogP contribution is -2.35. The molecule has 2 aliphatic carbocycles. The molecule has 9 heteroatoms. The van der Waals surface area contributed by atoms with E-state index in [1.807, 2.05) is 24.3 Å². The van der Waals surface area contributed by atoms with Crippen LogP contribution in [0.25, 0.3) is 22.2 Å². The summed E-state index contributed by atoms with van der Waals surface area (Å²) in [4.78, 5) is 25.8. The number of fused-ring (bicyclic) bond motifs is 7. The number of carbonyl (C=O) groups is 2. The smallest absolute Gasteiger partial charge is 0.312 e. The highest BCUT2D eigenvalue weighted by atomic mass is 32.2. The van der Waals surface area contributed by atoms with E-state index >= 15 is 0 Å². The molecule has 206 valence electrons. The first-order valence-corrected chi connectivity index (χ1v) is 15.3. The van der Waals surface area contributed by atoms with Crippen molar-refractivity contribution in [3.63, 3.8) is 0 Å². The van der Waals surface area contributed by atoms with Gasteiger partial charge in [0.25, 0.3) is 5.91 Å². The second-order valence-corrected chi connectivity index (χ2v) is 13.8. The molecule has 0 bridgehead atoms. The highest BCUT2D eigenvalue weighted by Gasteiger charge is 2.63. The van der Waals surface area contributed by atoms with E-state index in [0.29, 0.717) is 18.1 Å². The van der Waals surface area contributed by atoms with Gasteiger partial charge in [0.15, 0.2) is 0 Å². The van der Waals surface area contributed by atoms with Gasteiger partial charge in [-0.25, -0.2) is 13.1 Å². The van der Waals surface area contributed by atoms with Crippen LogP contribution in [0.1, 0.15) is 85.7 Å². The summed E-state index contributed by atoms with van der Waals surface area (Å²) in [6, 6.07) is 11.3. The lowest BCUT2D eigenvalue weighted by molar-refractivity contribution is -0.144. The summed E-state index contributed by atoms with van der Waals surface area (Å²) in [6.45, 7) is 3.33. The van der Waals surface area contributed by atoms with Gasteiger partial charge in [-0.05, 0) is 80.5 Å². The van der Waals surface area contributed by atoms with Gasteiger partial charge in [0, 0.05) is 34.5 Å². The molecule has 1 aliphatic heterocycles. The summed E-state index contributed by atoms with van der Waals surface area (Å²) in [6.07, 6.45) is 6.13. The predicted octanol–water partition coefficient (Wildman–Crippen LogP) is 5.40. The summed E-state index contributed by atoms with van der Waals surface area (Å²) in [5.41, 5.74) is 4.31. The van der Waals surface area contributed by atoms with Gasteiger partial charge in [0.05, 0.1) is 23.5 Å². The van der Waals surface area contributed by atoms with Crippen molar-refractivity contribution < 1.29 is 27.9 Å². The number of nitrogens with zero attached hydrogens (tertiary/aromatic N) is 1. The van der Waals surface area contributed by atoms with Crippen molar-refractivity contribution in [2.75, 3.05) is 7.11 Å². The minimum atomic E-state index is -3.80. The van der Waals surface area contributed by atoms with E-state index < -0.39 is 32.6 Å². The van der Waals surface area contributed by atoms with Gasteiger partial charge >= 0.3 is 5.97 Å². The fraction of sp³-hybridized carbons (Fsp3) is 0.467. The van der Waals surface area contributed by atoms with Crippen LogP contribution in [0.3, 0.4) is 0 Å². The Morgan fingerprint density at radius 3 is 2.51 bits per heavy atom. The fourth-order valence-corrected chi connectivity index (χ4v) is 7.34.